The van der Waals surface area contributed by atoms with Crippen LogP contribution in [0.2, 0.25) is 10.0 Å². The number of hydrogen-bond donors (Lipinski definition) is 0. The first kappa shape index (κ1) is 20.3. The first-order valence-electron chi connectivity index (χ1n) is 10.4. The van der Waals surface area contributed by atoms with Gasteiger partial charge in [-0.25, -0.2) is 9.48 Å². The lowest BCUT2D eigenvalue weighted by Gasteiger charge is -2.36. The maximum atomic E-state index is 12.7. The third-order valence-electron chi connectivity index (χ3n) is 5.77. The number of fused-ring (bicyclic) bond motifs is 3. The summed E-state index contributed by atoms with van der Waals surface area (Å²) in [6, 6.07) is 13.5. The van der Waals surface area contributed by atoms with Crippen molar-refractivity contribution in [3.05, 3.63) is 69.2 Å². The fourth-order valence-electron chi connectivity index (χ4n) is 4.13. The highest BCUT2D eigenvalue weighted by Crippen LogP contribution is 2.22. The summed E-state index contributed by atoms with van der Waals surface area (Å²) in [5.74, 6) is 0. The van der Waals surface area contributed by atoms with Crippen molar-refractivity contribution in [2.45, 2.75) is 13.0 Å². The molecule has 2 aromatic carbocycles. The Balaban J connectivity index is 1.21. The highest BCUT2D eigenvalue weighted by molar-refractivity contribution is 6.31. The third kappa shape index (κ3) is 4.13. The van der Waals surface area contributed by atoms with Gasteiger partial charge in [0.2, 0.25) is 0 Å². The molecule has 0 saturated carbocycles. The fourth-order valence-corrected chi connectivity index (χ4v) is 4.49. The van der Waals surface area contributed by atoms with E-state index in [0.717, 1.165) is 54.9 Å². The molecule has 160 valence electrons. The molecular formula is C22H22Cl2N6O. The topological polar surface area (TPSA) is 58.7 Å². The van der Waals surface area contributed by atoms with E-state index < -0.39 is 0 Å². The molecule has 1 saturated heterocycles. The van der Waals surface area contributed by atoms with E-state index in [-0.39, 0.29) is 5.69 Å². The Kier molecular flexibility index (Phi) is 5.56. The van der Waals surface area contributed by atoms with Crippen molar-refractivity contribution in [3.63, 3.8) is 0 Å². The smallest absolute Gasteiger partial charge is 0.367 e. The lowest BCUT2D eigenvalue weighted by atomic mass is 10.2. The van der Waals surface area contributed by atoms with Crippen LogP contribution in [0.25, 0.3) is 16.4 Å². The van der Waals surface area contributed by atoms with Crippen LogP contribution in [0.1, 0.15) is 6.42 Å². The Morgan fingerprint density at radius 2 is 1.74 bits per heavy atom. The molecule has 0 N–H and O–H groups in total. The minimum atomic E-state index is -0.211. The molecule has 4 aromatic rings. The third-order valence-corrected chi connectivity index (χ3v) is 6.24. The fraction of sp³-hybridized carbons (Fsp3) is 0.318. The van der Waals surface area contributed by atoms with Crippen molar-refractivity contribution in [3.8, 4) is 0 Å². The van der Waals surface area contributed by atoms with Gasteiger partial charge in [-0.15, -0.1) is 5.10 Å². The van der Waals surface area contributed by atoms with Crippen molar-refractivity contribution < 1.29 is 0 Å². The van der Waals surface area contributed by atoms with E-state index >= 15 is 0 Å². The Labute approximate surface area is 189 Å². The molecule has 0 unspecified atom stereocenters. The van der Waals surface area contributed by atoms with E-state index in [4.69, 9.17) is 23.2 Å². The molecule has 9 heteroatoms. The number of rotatable bonds is 5. The number of hydrogen-bond acceptors (Lipinski definition) is 5. The lowest BCUT2D eigenvalue weighted by molar-refractivity contribution is 0.248. The summed E-state index contributed by atoms with van der Waals surface area (Å²) in [6.45, 7) is 5.39. The maximum absolute atomic E-state index is 12.7. The van der Waals surface area contributed by atoms with E-state index in [1.54, 1.807) is 12.3 Å². The van der Waals surface area contributed by atoms with Crippen LogP contribution in [0, 0.1) is 0 Å². The first-order chi connectivity index (χ1) is 15.1. The van der Waals surface area contributed by atoms with Gasteiger partial charge in [0.1, 0.15) is 0 Å². The Morgan fingerprint density at radius 3 is 2.55 bits per heavy atom. The van der Waals surface area contributed by atoms with Crippen LogP contribution in [0.4, 0.5) is 5.69 Å². The molecule has 2 aromatic heterocycles. The molecule has 0 atom stereocenters. The highest BCUT2D eigenvalue weighted by Gasteiger charge is 2.18. The summed E-state index contributed by atoms with van der Waals surface area (Å²) in [5, 5.41) is 11.9. The van der Waals surface area contributed by atoms with Gasteiger partial charge in [0, 0.05) is 65.8 Å². The number of halogens is 2. The minimum absolute atomic E-state index is 0.211. The van der Waals surface area contributed by atoms with Gasteiger partial charge in [-0.3, -0.25) is 4.90 Å². The van der Waals surface area contributed by atoms with Crippen LogP contribution in [0.3, 0.4) is 0 Å². The first-order valence-corrected chi connectivity index (χ1v) is 11.1. The zero-order valence-electron chi connectivity index (χ0n) is 16.9. The Hall–Kier alpha value is -2.61. The van der Waals surface area contributed by atoms with Crippen molar-refractivity contribution in [2.24, 2.45) is 0 Å². The monoisotopic (exact) mass is 456 g/mol. The molecule has 0 bridgehead atoms. The number of aromatic nitrogens is 4. The summed E-state index contributed by atoms with van der Waals surface area (Å²) in [6.07, 6.45) is 2.51. The average Bonchev–Trinajstić information content (AvgIpc) is 3.10. The summed E-state index contributed by atoms with van der Waals surface area (Å²) in [7, 11) is 0. The van der Waals surface area contributed by atoms with E-state index in [2.05, 4.69) is 26.1 Å². The van der Waals surface area contributed by atoms with Crippen LogP contribution in [-0.4, -0.2) is 57.0 Å². The maximum Gasteiger partial charge on any atom is 0.367 e. The predicted molar refractivity (Wildman–Crippen MR) is 124 cm³/mol. The molecule has 3 heterocycles. The van der Waals surface area contributed by atoms with E-state index in [9.17, 15) is 4.79 Å². The second-order valence-corrected chi connectivity index (χ2v) is 8.65. The summed E-state index contributed by atoms with van der Waals surface area (Å²) in [5.41, 5.74) is 1.52. The Bertz CT molecular complexity index is 1290. The molecule has 1 aliphatic rings. The molecule has 1 aliphatic heterocycles. The van der Waals surface area contributed by atoms with Gasteiger partial charge in [-0.05, 0) is 42.8 Å². The van der Waals surface area contributed by atoms with Crippen molar-refractivity contribution in [1.29, 1.82) is 0 Å². The number of anilines is 1. The standard InChI is InChI=1S/C22H22Cl2N6O/c23-17-3-1-4-19(14-17)28-11-9-27(10-12-28)7-2-8-29-22(31)30-21(26-29)20-6-5-18(24)13-16(20)15-25-30/h1,3-6,13-15H,2,7-12H2. The van der Waals surface area contributed by atoms with Gasteiger partial charge in [0.05, 0.1) is 6.20 Å². The molecule has 5 rings (SSSR count). The number of aryl methyl sites for hydroxylation is 1. The number of piperazine rings is 1. The number of benzene rings is 2. The van der Waals surface area contributed by atoms with E-state index in [0.29, 0.717) is 17.2 Å². The van der Waals surface area contributed by atoms with Gasteiger partial charge in [0.15, 0.2) is 5.65 Å². The molecule has 31 heavy (non-hydrogen) atoms. The van der Waals surface area contributed by atoms with Crippen molar-refractivity contribution >= 4 is 45.3 Å². The SMILES string of the molecule is O=c1n(CCCN2CCN(c3cccc(Cl)c3)CC2)nc2c3ccc(Cl)cc3cnn12. The summed E-state index contributed by atoms with van der Waals surface area (Å²) in [4.78, 5) is 17.5. The number of nitrogens with zero attached hydrogens (tertiary/aromatic N) is 6. The zero-order valence-corrected chi connectivity index (χ0v) is 18.4. The highest BCUT2D eigenvalue weighted by atomic mass is 35.5. The average molecular weight is 457 g/mol. The largest absolute Gasteiger partial charge is 0.369 e. The minimum Gasteiger partial charge on any atom is -0.369 e. The zero-order chi connectivity index (χ0) is 21.4. The summed E-state index contributed by atoms with van der Waals surface area (Å²) >= 11 is 12.2. The van der Waals surface area contributed by atoms with Gasteiger partial charge in [-0.1, -0.05) is 29.3 Å². The Morgan fingerprint density at radius 1 is 0.935 bits per heavy atom. The second-order valence-electron chi connectivity index (χ2n) is 7.78. The van der Waals surface area contributed by atoms with Gasteiger partial charge < -0.3 is 4.90 Å². The van der Waals surface area contributed by atoms with Gasteiger partial charge >= 0.3 is 5.69 Å². The molecule has 7 nitrogen and oxygen atoms in total. The van der Waals surface area contributed by atoms with E-state index in [1.165, 1.54) is 14.9 Å². The van der Waals surface area contributed by atoms with E-state index in [1.807, 2.05) is 30.3 Å². The molecule has 0 aliphatic carbocycles. The van der Waals surface area contributed by atoms with Crippen LogP contribution >= 0.6 is 23.2 Å². The molecule has 0 spiro atoms. The van der Waals surface area contributed by atoms with Crippen LogP contribution in [0.15, 0.2) is 53.5 Å². The molecule has 0 amide bonds. The molecule has 0 radical (unpaired) electrons. The molecule has 1 fully saturated rings. The van der Waals surface area contributed by atoms with Crippen LogP contribution in [0.5, 0.6) is 0 Å². The quantitative estimate of drug-likeness (QED) is 0.459. The van der Waals surface area contributed by atoms with Gasteiger partial charge in [0.25, 0.3) is 0 Å². The normalized spacial score (nSPS) is 15.2. The van der Waals surface area contributed by atoms with Crippen molar-refractivity contribution in [2.75, 3.05) is 37.6 Å². The van der Waals surface area contributed by atoms with Crippen LogP contribution < -0.4 is 10.6 Å². The molecular weight excluding hydrogens is 435 g/mol. The predicted octanol–water partition coefficient (Wildman–Crippen LogP) is 3.56. The van der Waals surface area contributed by atoms with Crippen molar-refractivity contribution in [1.82, 2.24) is 24.3 Å². The van der Waals surface area contributed by atoms with Crippen LogP contribution in [-0.2, 0) is 6.54 Å². The second kappa shape index (κ2) is 8.49. The lowest BCUT2D eigenvalue weighted by Crippen LogP contribution is -2.46. The summed E-state index contributed by atoms with van der Waals surface area (Å²) < 4.78 is 2.87. The van der Waals surface area contributed by atoms with Gasteiger partial charge in [-0.2, -0.15) is 9.61 Å².